The number of thiophene rings is 1. The molecule has 7 heteroatoms. The van der Waals surface area contributed by atoms with Crippen molar-refractivity contribution in [3.63, 3.8) is 0 Å². The van der Waals surface area contributed by atoms with Crippen molar-refractivity contribution in [2.75, 3.05) is 38.2 Å². The molecule has 128 valence electrons. The lowest BCUT2D eigenvalue weighted by Gasteiger charge is -2.31. The van der Waals surface area contributed by atoms with Crippen molar-refractivity contribution < 1.29 is 14.4 Å². The molecule has 0 radical (unpaired) electrons. The molecule has 0 spiro atoms. The van der Waals surface area contributed by atoms with Gasteiger partial charge in [-0.1, -0.05) is 29.8 Å². The van der Waals surface area contributed by atoms with Crippen LogP contribution in [0.25, 0.3) is 0 Å². The van der Waals surface area contributed by atoms with Gasteiger partial charge in [0.2, 0.25) is 0 Å². The Labute approximate surface area is 150 Å². The Balaban J connectivity index is 1.61. The van der Waals surface area contributed by atoms with Gasteiger partial charge in [0.15, 0.2) is 0 Å². The fourth-order valence-electron chi connectivity index (χ4n) is 2.84. The predicted octanol–water partition coefficient (Wildman–Crippen LogP) is 2.18. The highest BCUT2D eigenvalue weighted by molar-refractivity contribution is 7.10. The van der Waals surface area contributed by atoms with Crippen LogP contribution in [0.4, 0.5) is 10.5 Å². The van der Waals surface area contributed by atoms with Gasteiger partial charge in [-0.25, -0.2) is 4.79 Å². The molecule has 1 aliphatic rings. The predicted molar refractivity (Wildman–Crippen MR) is 97.0 cm³/mol. The standard InChI is InChI=1S/C17H20ClN3O2S/c18-13-4-1-2-5-14(13)20-17(22)19-12-15(16-6-3-11-24-16)21-7-9-23-10-8-21/h1-6,11,15H,7-10,12H2,(H2,19,20,22)/p+1/t15-/m0/s1. The molecule has 1 fully saturated rings. The Bertz CT molecular complexity index is 660. The smallest absolute Gasteiger partial charge is 0.319 e. The number of benzene rings is 1. The normalized spacial score (nSPS) is 16.5. The van der Waals surface area contributed by atoms with Crippen LogP contribution in [0.3, 0.4) is 0 Å². The Kier molecular flexibility index (Phi) is 6.09. The van der Waals surface area contributed by atoms with Crippen LogP contribution in [0.2, 0.25) is 5.02 Å². The second-order valence-electron chi connectivity index (χ2n) is 5.65. The van der Waals surface area contributed by atoms with Crippen molar-refractivity contribution in [2.45, 2.75) is 6.04 Å². The fourth-order valence-corrected chi connectivity index (χ4v) is 3.91. The van der Waals surface area contributed by atoms with Gasteiger partial charge in [0.1, 0.15) is 19.1 Å². The number of anilines is 1. The molecular formula is C17H21ClN3O2S+. The molecule has 0 saturated carbocycles. The van der Waals surface area contributed by atoms with Crippen LogP contribution in [0.1, 0.15) is 10.9 Å². The maximum Gasteiger partial charge on any atom is 0.319 e. The molecule has 1 aromatic carbocycles. The summed E-state index contributed by atoms with van der Waals surface area (Å²) in [5.41, 5.74) is 0.614. The van der Waals surface area contributed by atoms with E-state index in [4.69, 9.17) is 16.3 Å². The van der Waals surface area contributed by atoms with E-state index in [1.165, 1.54) is 9.78 Å². The van der Waals surface area contributed by atoms with Gasteiger partial charge < -0.3 is 20.3 Å². The van der Waals surface area contributed by atoms with Crippen LogP contribution in [0, 0.1) is 0 Å². The zero-order valence-electron chi connectivity index (χ0n) is 13.3. The quantitative estimate of drug-likeness (QED) is 0.759. The number of hydrogen-bond donors (Lipinski definition) is 3. The molecule has 1 aliphatic heterocycles. The average molecular weight is 367 g/mol. The molecule has 1 atom stereocenters. The van der Waals surface area contributed by atoms with E-state index in [2.05, 4.69) is 28.1 Å². The molecule has 0 bridgehead atoms. The summed E-state index contributed by atoms with van der Waals surface area (Å²) < 4.78 is 5.45. The van der Waals surface area contributed by atoms with Gasteiger partial charge in [-0.15, -0.1) is 11.3 Å². The Hall–Kier alpha value is -1.60. The highest BCUT2D eigenvalue weighted by Crippen LogP contribution is 2.20. The zero-order valence-corrected chi connectivity index (χ0v) is 14.8. The second-order valence-corrected chi connectivity index (χ2v) is 7.04. The van der Waals surface area contributed by atoms with Crippen molar-refractivity contribution in [1.29, 1.82) is 0 Å². The third-order valence-corrected chi connectivity index (χ3v) is 5.42. The molecular weight excluding hydrogens is 346 g/mol. The molecule has 2 aromatic rings. The summed E-state index contributed by atoms with van der Waals surface area (Å²) in [5.74, 6) is 0. The van der Waals surface area contributed by atoms with E-state index < -0.39 is 0 Å². The van der Waals surface area contributed by atoms with Crippen LogP contribution < -0.4 is 15.5 Å². The molecule has 5 nitrogen and oxygen atoms in total. The maximum atomic E-state index is 12.2. The summed E-state index contributed by atoms with van der Waals surface area (Å²) in [6.07, 6.45) is 0. The number of carbonyl (C=O) groups excluding carboxylic acids is 1. The minimum atomic E-state index is -0.239. The zero-order chi connectivity index (χ0) is 16.8. The van der Waals surface area contributed by atoms with Crippen molar-refractivity contribution in [3.05, 3.63) is 51.7 Å². The Morgan fingerprint density at radius 1 is 1.25 bits per heavy atom. The van der Waals surface area contributed by atoms with Gasteiger partial charge >= 0.3 is 6.03 Å². The summed E-state index contributed by atoms with van der Waals surface area (Å²) in [6.45, 7) is 4.02. The number of para-hydroxylation sites is 1. The van der Waals surface area contributed by atoms with Crippen molar-refractivity contribution in [2.24, 2.45) is 0 Å². The van der Waals surface area contributed by atoms with Crippen molar-refractivity contribution in [3.8, 4) is 0 Å². The van der Waals surface area contributed by atoms with E-state index in [1.54, 1.807) is 23.5 Å². The van der Waals surface area contributed by atoms with E-state index in [9.17, 15) is 4.79 Å². The average Bonchev–Trinajstić information content (AvgIpc) is 3.12. The summed E-state index contributed by atoms with van der Waals surface area (Å²) in [4.78, 5) is 14.9. The first-order valence-electron chi connectivity index (χ1n) is 7.99. The van der Waals surface area contributed by atoms with Gasteiger partial charge in [0, 0.05) is 0 Å². The highest BCUT2D eigenvalue weighted by atomic mass is 35.5. The van der Waals surface area contributed by atoms with Gasteiger partial charge in [-0.2, -0.15) is 0 Å². The third-order valence-electron chi connectivity index (χ3n) is 4.10. The molecule has 3 rings (SSSR count). The molecule has 24 heavy (non-hydrogen) atoms. The summed E-state index contributed by atoms with van der Waals surface area (Å²) in [6, 6.07) is 11.4. The highest BCUT2D eigenvalue weighted by Gasteiger charge is 2.27. The number of urea groups is 1. The van der Waals surface area contributed by atoms with Crippen molar-refractivity contribution in [1.82, 2.24) is 5.32 Å². The van der Waals surface area contributed by atoms with Crippen LogP contribution >= 0.6 is 22.9 Å². The van der Waals surface area contributed by atoms with Gasteiger partial charge in [0.25, 0.3) is 0 Å². The minimum absolute atomic E-state index is 0.239. The second kappa shape index (κ2) is 8.48. The Morgan fingerprint density at radius 2 is 2.04 bits per heavy atom. The lowest BCUT2D eigenvalue weighted by atomic mass is 10.2. The van der Waals surface area contributed by atoms with E-state index in [-0.39, 0.29) is 12.1 Å². The van der Waals surface area contributed by atoms with Gasteiger partial charge in [-0.3, -0.25) is 0 Å². The number of ether oxygens (including phenoxy) is 1. The minimum Gasteiger partial charge on any atom is -0.370 e. The topological polar surface area (TPSA) is 54.8 Å². The van der Waals surface area contributed by atoms with Crippen LogP contribution in [-0.2, 0) is 4.74 Å². The third kappa shape index (κ3) is 4.48. The van der Waals surface area contributed by atoms with E-state index >= 15 is 0 Å². The molecule has 0 unspecified atom stereocenters. The van der Waals surface area contributed by atoms with E-state index in [0.29, 0.717) is 17.3 Å². The molecule has 2 heterocycles. The monoisotopic (exact) mass is 366 g/mol. The van der Waals surface area contributed by atoms with E-state index in [0.717, 1.165) is 26.3 Å². The number of nitrogens with one attached hydrogen (secondary N) is 3. The number of halogens is 1. The Morgan fingerprint density at radius 3 is 2.75 bits per heavy atom. The number of amides is 2. The number of quaternary nitrogens is 1. The molecule has 1 saturated heterocycles. The first-order chi connectivity index (χ1) is 11.7. The summed E-state index contributed by atoms with van der Waals surface area (Å²) >= 11 is 7.80. The fraction of sp³-hybridized carbons (Fsp3) is 0.353. The summed E-state index contributed by atoms with van der Waals surface area (Å²) in [7, 11) is 0. The molecule has 3 N–H and O–H groups in total. The lowest BCUT2D eigenvalue weighted by Crippen LogP contribution is -3.15. The first kappa shape index (κ1) is 17.2. The van der Waals surface area contributed by atoms with Crippen LogP contribution in [0.15, 0.2) is 41.8 Å². The number of carbonyl (C=O) groups is 1. The van der Waals surface area contributed by atoms with Gasteiger partial charge in [0.05, 0.1) is 35.3 Å². The first-order valence-corrected chi connectivity index (χ1v) is 9.25. The van der Waals surface area contributed by atoms with Gasteiger partial charge in [-0.05, 0) is 23.6 Å². The molecule has 0 aliphatic carbocycles. The van der Waals surface area contributed by atoms with Crippen LogP contribution in [-0.4, -0.2) is 38.9 Å². The summed E-state index contributed by atoms with van der Waals surface area (Å²) in [5, 5.41) is 8.39. The number of morpholine rings is 1. The largest absolute Gasteiger partial charge is 0.370 e. The number of hydrogen-bond acceptors (Lipinski definition) is 3. The number of rotatable bonds is 5. The van der Waals surface area contributed by atoms with Crippen LogP contribution in [0.5, 0.6) is 0 Å². The van der Waals surface area contributed by atoms with E-state index in [1.807, 2.05) is 12.1 Å². The SMILES string of the molecule is O=C(NC[C@@H](c1cccs1)[NH+]1CCOCC1)Nc1ccccc1Cl. The lowest BCUT2D eigenvalue weighted by molar-refractivity contribution is -0.937. The van der Waals surface area contributed by atoms with Crippen molar-refractivity contribution >= 4 is 34.7 Å². The maximum absolute atomic E-state index is 12.2. The molecule has 2 amide bonds. The molecule has 1 aromatic heterocycles.